The summed E-state index contributed by atoms with van der Waals surface area (Å²) in [7, 11) is 0. The number of para-hydroxylation sites is 1. The van der Waals surface area contributed by atoms with Gasteiger partial charge in [0.05, 0.1) is 12.7 Å². The standard InChI is InChI=1S/C15H19NO5/c17-11-9-13(15(19)20)16(10-11)14(18)7-4-8-21-12-5-2-1-3-6-12/h1-3,5-6,11,13,17H,4,7-10H2,(H,19,20). The van der Waals surface area contributed by atoms with Gasteiger partial charge in [0.15, 0.2) is 0 Å². The van der Waals surface area contributed by atoms with Gasteiger partial charge in [-0.1, -0.05) is 18.2 Å². The third kappa shape index (κ3) is 4.19. The Kier molecular flexibility index (Phi) is 5.16. The van der Waals surface area contributed by atoms with Crippen LogP contribution in [-0.4, -0.2) is 52.3 Å². The molecule has 1 saturated heterocycles. The van der Waals surface area contributed by atoms with Crippen LogP contribution in [-0.2, 0) is 9.59 Å². The molecule has 1 fully saturated rings. The van der Waals surface area contributed by atoms with Crippen LogP contribution in [0.5, 0.6) is 5.75 Å². The van der Waals surface area contributed by atoms with Crippen molar-refractivity contribution in [3.63, 3.8) is 0 Å². The maximum absolute atomic E-state index is 12.0. The van der Waals surface area contributed by atoms with E-state index in [0.717, 1.165) is 5.75 Å². The molecule has 0 bridgehead atoms. The first kappa shape index (κ1) is 15.3. The van der Waals surface area contributed by atoms with E-state index in [4.69, 9.17) is 9.84 Å². The van der Waals surface area contributed by atoms with Gasteiger partial charge >= 0.3 is 5.97 Å². The summed E-state index contributed by atoms with van der Waals surface area (Å²) in [6, 6.07) is 8.37. The monoisotopic (exact) mass is 293 g/mol. The second-order valence-corrected chi connectivity index (χ2v) is 5.05. The number of hydrogen-bond donors (Lipinski definition) is 2. The van der Waals surface area contributed by atoms with Crippen molar-refractivity contribution in [1.29, 1.82) is 0 Å². The number of likely N-dealkylation sites (tertiary alicyclic amines) is 1. The van der Waals surface area contributed by atoms with Gasteiger partial charge in [-0.25, -0.2) is 4.79 Å². The highest BCUT2D eigenvalue weighted by Crippen LogP contribution is 2.19. The highest BCUT2D eigenvalue weighted by atomic mass is 16.5. The Balaban J connectivity index is 1.75. The quantitative estimate of drug-likeness (QED) is 0.761. The van der Waals surface area contributed by atoms with E-state index in [1.807, 2.05) is 30.3 Å². The molecule has 2 unspecified atom stereocenters. The van der Waals surface area contributed by atoms with Gasteiger partial charge < -0.3 is 19.8 Å². The van der Waals surface area contributed by atoms with Crippen molar-refractivity contribution in [2.24, 2.45) is 0 Å². The van der Waals surface area contributed by atoms with E-state index in [9.17, 15) is 14.7 Å². The Morgan fingerprint density at radius 1 is 1.29 bits per heavy atom. The lowest BCUT2D eigenvalue weighted by Gasteiger charge is -2.21. The van der Waals surface area contributed by atoms with Crippen molar-refractivity contribution in [3.05, 3.63) is 30.3 Å². The predicted octanol–water partition coefficient (Wildman–Crippen LogP) is 0.892. The molecule has 0 saturated carbocycles. The number of carbonyl (C=O) groups is 2. The van der Waals surface area contributed by atoms with Crippen molar-refractivity contribution < 1.29 is 24.5 Å². The molecular weight excluding hydrogens is 274 g/mol. The number of benzene rings is 1. The number of aliphatic carboxylic acids is 1. The van der Waals surface area contributed by atoms with Gasteiger partial charge in [0.2, 0.25) is 5.91 Å². The van der Waals surface area contributed by atoms with E-state index < -0.39 is 18.1 Å². The molecule has 6 heteroatoms. The van der Waals surface area contributed by atoms with Gasteiger partial charge in [0.25, 0.3) is 0 Å². The molecule has 2 N–H and O–H groups in total. The summed E-state index contributed by atoms with van der Waals surface area (Å²) in [5.41, 5.74) is 0. The first-order valence-electron chi connectivity index (χ1n) is 6.96. The van der Waals surface area contributed by atoms with Gasteiger partial charge in [-0.3, -0.25) is 4.79 Å². The molecular formula is C15H19NO5. The van der Waals surface area contributed by atoms with Gasteiger partial charge in [-0.05, 0) is 18.6 Å². The van der Waals surface area contributed by atoms with Crippen molar-refractivity contribution in [1.82, 2.24) is 4.90 Å². The minimum Gasteiger partial charge on any atom is -0.494 e. The number of nitrogens with zero attached hydrogens (tertiary/aromatic N) is 1. The minimum absolute atomic E-state index is 0.0926. The van der Waals surface area contributed by atoms with Gasteiger partial charge in [0.1, 0.15) is 11.8 Å². The summed E-state index contributed by atoms with van der Waals surface area (Å²) >= 11 is 0. The molecule has 21 heavy (non-hydrogen) atoms. The lowest BCUT2D eigenvalue weighted by Crippen LogP contribution is -2.40. The average molecular weight is 293 g/mol. The number of carboxylic acids is 1. The number of hydrogen-bond acceptors (Lipinski definition) is 4. The zero-order valence-electron chi connectivity index (χ0n) is 11.6. The Morgan fingerprint density at radius 3 is 2.67 bits per heavy atom. The fourth-order valence-corrected chi connectivity index (χ4v) is 2.40. The molecule has 1 aromatic carbocycles. The molecule has 6 nitrogen and oxygen atoms in total. The number of amides is 1. The Labute approximate surface area is 122 Å². The van der Waals surface area contributed by atoms with Crippen LogP contribution in [0.2, 0.25) is 0 Å². The summed E-state index contributed by atoms with van der Waals surface area (Å²) in [5.74, 6) is -0.582. The summed E-state index contributed by atoms with van der Waals surface area (Å²) in [4.78, 5) is 24.3. The summed E-state index contributed by atoms with van der Waals surface area (Å²) in [5, 5.41) is 18.5. The third-order valence-corrected chi connectivity index (χ3v) is 3.43. The second-order valence-electron chi connectivity index (χ2n) is 5.05. The average Bonchev–Trinajstić information content (AvgIpc) is 2.87. The number of aliphatic hydroxyl groups is 1. The van der Waals surface area contributed by atoms with Crippen LogP contribution >= 0.6 is 0 Å². The highest BCUT2D eigenvalue weighted by Gasteiger charge is 2.38. The first-order chi connectivity index (χ1) is 10.1. The van der Waals surface area contributed by atoms with Crippen LogP contribution < -0.4 is 4.74 Å². The van der Waals surface area contributed by atoms with Crippen molar-refractivity contribution in [2.75, 3.05) is 13.2 Å². The smallest absolute Gasteiger partial charge is 0.326 e. The highest BCUT2D eigenvalue weighted by molar-refractivity contribution is 5.84. The topological polar surface area (TPSA) is 87.1 Å². The summed E-state index contributed by atoms with van der Waals surface area (Å²) in [6.07, 6.45) is 0.0630. The predicted molar refractivity (Wildman–Crippen MR) is 74.9 cm³/mol. The maximum Gasteiger partial charge on any atom is 0.326 e. The van der Waals surface area contributed by atoms with Gasteiger partial charge in [0, 0.05) is 19.4 Å². The number of β-amino-alcohol motifs (C(OH)–C–C–N with tert-alkyl or cyclic N) is 1. The van der Waals surface area contributed by atoms with Crippen LogP contribution in [0.1, 0.15) is 19.3 Å². The lowest BCUT2D eigenvalue weighted by atomic mass is 10.2. The number of rotatable bonds is 6. The van der Waals surface area contributed by atoms with Crippen molar-refractivity contribution in [2.45, 2.75) is 31.4 Å². The minimum atomic E-state index is -1.07. The van der Waals surface area contributed by atoms with Crippen molar-refractivity contribution in [3.8, 4) is 5.75 Å². The van der Waals surface area contributed by atoms with Gasteiger partial charge in [-0.2, -0.15) is 0 Å². The fourth-order valence-electron chi connectivity index (χ4n) is 2.40. The second kappa shape index (κ2) is 7.08. The Bertz CT molecular complexity index is 490. The fraction of sp³-hybridized carbons (Fsp3) is 0.467. The lowest BCUT2D eigenvalue weighted by molar-refractivity contribution is -0.148. The molecule has 0 radical (unpaired) electrons. The number of ether oxygens (including phenoxy) is 1. The molecule has 114 valence electrons. The Morgan fingerprint density at radius 2 is 2.00 bits per heavy atom. The van der Waals surface area contributed by atoms with E-state index in [1.165, 1.54) is 4.90 Å². The largest absolute Gasteiger partial charge is 0.494 e. The third-order valence-electron chi connectivity index (χ3n) is 3.43. The molecule has 1 heterocycles. The van der Waals surface area contributed by atoms with E-state index in [1.54, 1.807) is 0 Å². The Hall–Kier alpha value is -2.08. The summed E-state index contributed by atoms with van der Waals surface area (Å²) in [6.45, 7) is 0.485. The molecule has 0 spiro atoms. The molecule has 1 aliphatic rings. The normalized spacial score (nSPS) is 21.3. The van der Waals surface area contributed by atoms with E-state index in [2.05, 4.69) is 0 Å². The number of carbonyl (C=O) groups excluding carboxylic acids is 1. The van der Waals surface area contributed by atoms with Crippen LogP contribution in [0.3, 0.4) is 0 Å². The summed E-state index contributed by atoms with van der Waals surface area (Å²) < 4.78 is 5.48. The van der Waals surface area contributed by atoms with E-state index >= 15 is 0 Å². The maximum atomic E-state index is 12.0. The SMILES string of the molecule is O=C(O)C1CC(O)CN1C(=O)CCCOc1ccccc1. The molecule has 1 amide bonds. The zero-order chi connectivity index (χ0) is 15.2. The van der Waals surface area contributed by atoms with Crippen molar-refractivity contribution >= 4 is 11.9 Å². The zero-order valence-corrected chi connectivity index (χ0v) is 11.6. The molecule has 2 rings (SSSR count). The molecule has 0 aliphatic carbocycles. The first-order valence-corrected chi connectivity index (χ1v) is 6.96. The van der Waals surface area contributed by atoms with Gasteiger partial charge in [-0.15, -0.1) is 0 Å². The molecule has 1 aliphatic heterocycles. The van der Waals surface area contributed by atoms with Crippen LogP contribution in [0.15, 0.2) is 30.3 Å². The van der Waals surface area contributed by atoms with Crippen LogP contribution in [0.4, 0.5) is 0 Å². The van der Waals surface area contributed by atoms with Crippen LogP contribution in [0.25, 0.3) is 0 Å². The van der Waals surface area contributed by atoms with Crippen LogP contribution in [0, 0.1) is 0 Å². The molecule has 2 atom stereocenters. The van der Waals surface area contributed by atoms with E-state index in [0.29, 0.717) is 13.0 Å². The molecule has 0 aromatic heterocycles. The molecule has 1 aromatic rings. The van der Waals surface area contributed by atoms with E-state index in [-0.39, 0.29) is 25.3 Å². The number of aliphatic hydroxyl groups excluding tert-OH is 1. The number of carboxylic acid groups (broad SMARTS) is 1.